The maximum atomic E-state index is 12.5. The van der Waals surface area contributed by atoms with E-state index in [0.29, 0.717) is 11.1 Å². The van der Waals surface area contributed by atoms with Crippen molar-refractivity contribution in [1.29, 1.82) is 0 Å². The smallest absolute Gasteiger partial charge is 0.187 e. The molecule has 0 fully saturated rings. The maximum absolute atomic E-state index is 12.5. The Hall–Kier alpha value is -4.44. The zero-order chi connectivity index (χ0) is 23.9. The van der Waals surface area contributed by atoms with Crippen molar-refractivity contribution in [3.05, 3.63) is 132 Å². The van der Waals surface area contributed by atoms with Crippen LogP contribution in [0.4, 0.5) is 11.4 Å². The van der Waals surface area contributed by atoms with Crippen molar-refractivity contribution in [3.63, 3.8) is 0 Å². The number of fused-ring (bicyclic) bond motifs is 1. The number of nitrogens with one attached hydrogen (secondary N) is 2. The van der Waals surface area contributed by atoms with E-state index in [1.54, 1.807) is 36.4 Å². The van der Waals surface area contributed by atoms with E-state index in [0.717, 1.165) is 33.5 Å². The maximum Gasteiger partial charge on any atom is 0.187 e. The first-order valence-corrected chi connectivity index (χ1v) is 11.1. The monoisotopic (exact) mass is 446 g/mol. The molecule has 0 heterocycles. The fourth-order valence-corrected chi connectivity index (χ4v) is 3.79. The molecule has 0 aromatic heterocycles. The first kappa shape index (κ1) is 22.7. The van der Waals surface area contributed by atoms with Gasteiger partial charge in [-0.1, -0.05) is 84.9 Å². The fraction of sp³-hybridized carbons (Fsp3) is 0.0667. The number of allylic oxidation sites excluding steroid dienone is 4. The highest BCUT2D eigenvalue weighted by Gasteiger charge is 2.08. The molecule has 0 aliphatic rings. The van der Waals surface area contributed by atoms with Crippen LogP contribution in [0.15, 0.2) is 121 Å². The van der Waals surface area contributed by atoms with Crippen LogP contribution in [0.1, 0.15) is 34.6 Å². The lowest BCUT2D eigenvalue weighted by molar-refractivity contribution is 0.103. The molecule has 34 heavy (non-hydrogen) atoms. The van der Waals surface area contributed by atoms with Gasteiger partial charge in [-0.05, 0) is 26.0 Å². The lowest BCUT2D eigenvalue weighted by atomic mass is 10.1. The van der Waals surface area contributed by atoms with Gasteiger partial charge in [-0.25, -0.2) is 0 Å². The van der Waals surface area contributed by atoms with E-state index in [9.17, 15) is 9.59 Å². The van der Waals surface area contributed by atoms with Crippen molar-refractivity contribution < 1.29 is 9.59 Å². The quantitative estimate of drug-likeness (QED) is 0.221. The molecule has 0 aliphatic heterocycles. The number of rotatable bonds is 8. The normalized spacial score (nSPS) is 11.8. The van der Waals surface area contributed by atoms with Crippen molar-refractivity contribution >= 4 is 33.7 Å². The molecule has 168 valence electrons. The van der Waals surface area contributed by atoms with Crippen LogP contribution in [0.2, 0.25) is 0 Å². The predicted octanol–water partition coefficient (Wildman–Crippen LogP) is 7.24. The SMILES string of the molecule is C/C(=C/C(=O)c1ccccc1)Nc1cccc2c(N/C(C)=C\C(=O)c3ccccc3)cccc12. The highest BCUT2D eigenvalue weighted by molar-refractivity contribution is 6.07. The molecule has 4 aromatic rings. The number of anilines is 2. The Labute approximate surface area is 199 Å². The van der Waals surface area contributed by atoms with Crippen LogP contribution >= 0.6 is 0 Å². The topological polar surface area (TPSA) is 58.2 Å². The number of benzene rings is 4. The van der Waals surface area contributed by atoms with Gasteiger partial charge in [-0.3, -0.25) is 9.59 Å². The van der Waals surface area contributed by atoms with Crippen LogP contribution in [0.5, 0.6) is 0 Å². The minimum Gasteiger partial charge on any atom is -0.359 e. The number of carbonyl (C=O) groups excluding carboxylic acids is 2. The van der Waals surface area contributed by atoms with Gasteiger partial charge in [0.25, 0.3) is 0 Å². The van der Waals surface area contributed by atoms with Crippen molar-refractivity contribution in [3.8, 4) is 0 Å². The molecule has 0 aliphatic carbocycles. The number of carbonyl (C=O) groups is 2. The zero-order valence-corrected chi connectivity index (χ0v) is 19.2. The van der Waals surface area contributed by atoms with E-state index in [1.165, 1.54) is 0 Å². The van der Waals surface area contributed by atoms with Crippen molar-refractivity contribution in [1.82, 2.24) is 0 Å². The van der Waals surface area contributed by atoms with E-state index in [1.807, 2.05) is 86.6 Å². The summed E-state index contributed by atoms with van der Waals surface area (Å²) >= 11 is 0. The second kappa shape index (κ2) is 10.5. The molecule has 4 rings (SSSR count). The Morgan fingerprint density at radius 2 is 0.912 bits per heavy atom. The van der Waals surface area contributed by atoms with Gasteiger partial charge in [0.2, 0.25) is 0 Å². The van der Waals surface area contributed by atoms with Crippen LogP contribution in [0.25, 0.3) is 10.8 Å². The third kappa shape index (κ3) is 5.48. The van der Waals surface area contributed by atoms with Crippen molar-refractivity contribution in [2.75, 3.05) is 10.6 Å². The summed E-state index contributed by atoms with van der Waals surface area (Å²) in [6.07, 6.45) is 3.22. The summed E-state index contributed by atoms with van der Waals surface area (Å²) in [6.45, 7) is 3.76. The summed E-state index contributed by atoms with van der Waals surface area (Å²) in [6, 6.07) is 30.4. The Morgan fingerprint density at radius 1 is 0.529 bits per heavy atom. The first-order valence-electron chi connectivity index (χ1n) is 11.1. The summed E-state index contributed by atoms with van der Waals surface area (Å²) < 4.78 is 0. The third-order valence-corrected chi connectivity index (χ3v) is 5.40. The fourth-order valence-electron chi connectivity index (χ4n) is 3.79. The molecule has 0 saturated carbocycles. The van der Waals surface area contributed by atoms with Gasteiger partial charge < -0.3 is 10.6 Å². The predicted molar refractivity (Wildman–Crippen MR) is 140 cm³/mol. The van der Waals surface area contributed by atoms with Crippen LogP contribution in [0, 0.1) is 0 Å². The van der Waals surface area contributed by atoms with E-state index < -0.39 is 0 Å². The van der Waals surface area contributed by atoms with E-state index >= 15 is 0 Å². The van der Waals surface area contributed by atoms with E-state index in [2.05, 4.69) is 10.6 Å². The largest absolute Gasteiger partial charge is 0.359 e. The molecule has 4 aromatic carbocycles. The van der Waals surface area contributed by atoms with Gasteiger partial charge in [-0.15, -0.1) is 0 Å². The second-order valence-electron chi connectivity index (χ2n) is 8.07. The Balaban J connectivity index is 1.56. The van der Waals surface area contributed by atoms with Crippen molar-refractivity contribution in [2.24, 2.45) is 0 Å². The molecule has 2 N–H and O–H groups in total. The Kier molecular flexibility index (Phi) is 6.99. The van der Waals surface area contributed by atoms with Gasteiger partial charge in [0.15, 0.2) is 11.6 Å². The molecular weight excluding hydrogens is 420 g/mol. The minimum absolute atomic E-state index is 0.0444. The first-order chi connectivity index (χ1) is 16.5. The Morgan fingerprint density at radius 3 is 1.29 bits per heavy atom. The average Bonchev–Trinajstić information content (AvgIpc) is 2.85. The molecule has 0 unspecified atom stereocenters. The molecule has 0 radical (unpaired) electrons. The van der Waals surface area contributed by atoms with E-state index in [4.69, 9.17) is 0 Å². The highest BCUT2D eigenvalue weighted by Crippen LogP contribution is 2.30. The van der Waals surface area contributed by atoms with Crippen LogP contribution < -0.4 is 10.6 Å². The minimum atomic E-state index is -0.0444. The molecule has 0 bridgehead atoms. The summed E-state index contributed by atoms with van der Waals surface area (Å²) in [7, 11) is 0. The molecule has 4 heteroatoms. The van der Waals surface area contributed by atoms with Gasteiger partial charge in [0.05, 0.1) is 0 Å². The summed E-state index contributed by atoms with van der Waals surface area (Å²) in [5, 5.41) is 8.74. The van der Waals surface area contributed by atoms with Gasteiger partial charge >= 0.3 is 0 Å². The van der Waals surface area contributed by atoms with Crippen LogP contribution in [-0.4, -0.2) is 11.6 Å². The molecular formula is C30H26N2O2. The van der Waals surface area contributed by atoms with Gasteiger partial charge in [-0.2, -0.15) is 0 Å². The summed E-state index contributed by atoms with van der Waals surface area (Å²) in [5.74, 6) is -0.0888. The van der Waals surface area contributed by atoms with E-state index in [-0.39, 0.29) is 11.6 Å². The summed E-state index contributed by atoms with van der Waals surface area (Å²) in [4.78, 5) is 25.0. The third-order valence-electron chi connectivity index (χ3n) is 5.40. The highest BCUT2D eigenvalue weighted by atomic mass is 16.1. The number of hydrogen-bond donors (Lipinski definition) is 2. The lowest BCUT2D eigenvalue weighted by Gasteiger charge is -2.14. The number of ketones is 2. The molecule has 0 atom stereocenters. The van der Waals surface area contributed by atoms with Crippen molar-refractivity contribution in [2.45, 2.75) is 13.8 Å². The molecule has 4 nitrogen and oxygen atoms in total. The molecule has 0 saturated heterocycles. The van der Waals surface area contributed by atoms with Gasteiger partial charge in [0.1, 0.15) is 0 Å². The van der Waals surface area contributed by atoms with Crippen LogP contribution in [0.3, 0.4) is 0 Å². The number of hydrogen-bond acceptors (Lipinski definition) is 4. The van der Waals surface area contributed by atoms with Crippen LogP contribution in [-0.2, 0) is 0 Å². The lowest BCUT2D eigenvalue weighted by Crippen LogP contribution is -2.03. The average molecular weight is 447 g/mol. The molecule has 0 spiro atoms. The standard InChI is InChI=1S/C30H26N2O2/c1-21(19-29(33)23-11-5-3-6-12-23)31-27-17-9-16-26-25(27)15-10-18-28(26)32-22(2)20-30(34)24-13-7-4-8-14-24/h3-20,31-32H,1-2H3/b21-19-,22-20-. The second-order valence-corrected chi connectivity index (χ2v) is 8.07. The zero-order valence-electron chi connectivity index (χ0n) is 19.2. The molecule has 0 amide bonds. The summed E-state index contributed by atoms with van der Waals surface area (Å²) in [5.41, 5.74) is 4.62. The van der Waals surface area contributed by atoms with Gasteiger partial charge in [0, 0.05) is 56.8 Å². The Bertz CT molecular complexity index is 1280.